The van der Waals surface area contributed by atoms with Crippen LogP contribution < -0.4 is 0 Å². The number of rotatable bonds is 1. The van der Waals surface area contributed by atoms with Crippen LogP contribution in [0.25, 0.3) is 0 Å². The lowest BCUT2D eigenvalue weighted by molar-refractivity contribution is -0.189. The summed E-state index contributed by atoms with van der Waals surface area (Å²) in [7, 11) is 0. The first-order valence-corrected chi connectivity index (χ1v) is 4.70. The number of nitrogens with zero attached hydrogens (tertiary/aromatic N) is 1. The van der Waals surface area contributed by atoms with E-state index in [2.05, 4.69) is 0 Å². The molecule has 0 aromatic rings. The molecule has 5 heteroatoms. The molecular formula is C7H9F3IN. The zero-order chi connectivity index (χ0) is 9.19. The third kappa shape index (κ3) is 2.53. The van der Waals surface area contributed by atoms with Gasteiger partial charge < -0.3 is 0 Å². The average molecular weight is 291 g/mol. The van der Waals surface area contributed by atoms with Crippen molar-refractivity contribution in [3.63, 3.8) is 0 Å². The van der Waals surface area contributed by atoms with Crippen molar-refractivity contribution < 1.29 is 13.2 Å². The number of halogens is 4. The lowest BCUT2D eigenvalue weighted by Crippen LogP contribution is -2.28. The summed E-state index contributed by atoms with van der Waals surface area (Å²) < 4.78 is 36.7. The fourth-order valence-electron chi connectivity index (χ4n) is 1.16. The highest BCUT2D eigenvalue weighted by molar-refractivity contribution is 14.1. The monoisotopic (exact) mass is 291 g/mol. The van der Waals surface area contributed by atoms with Crippen molar-refractivity contribution >= 4 is 22.9 Å². The molecule has 0 N–H and O–H groups in total. The molecule has 12 heavy (non-hydrogen) atoms. The predicted molar refractivity (Wildman–Crippen MR) is 48.5 cm³/mol. The van der Waals surface area contributed by atoms with E-state index in [1.165, 1.54) is 22.9 Å². The molecule has 70 valence electrons. The number of alkyl halides is 3. The van der Waals surface area contributed by atoms with E-state index >= 15 is 0 Å². The Balaban J connectivity index is 2.62. The van der Waals surface area contributed by atoms with Gasteiger partial charge in [-0.2, -0.15) is 0 Å². The Morgan fingerprint density at radius 1 is 1.33 bits per heavy atom. The van der Waals surface area contributed by atoms with Crippen LogP contribution in [-0.2, 0) is 0 Å². The van der Waals surface area contributed by atoms with E-state index in [0.717, 1.165) is 19.3 Å². The van der Waals surface area contributed by atoms with Gasteiger partial charge in [0.1, 0.15) is 0 Å². The van der Waals surface area contributed by atoms with Crippen LogP contribution in [0.4, 0.5) is 13.2 Å². The third-order valence-electron chi connectivity index (χ3n) is 1.74. The maximum atomic E-state index is 12.1. The summed E-state index contributed by atoms with van der Waals surface area (Å²) in [5, 5.41) is 0. The standard InChI is InChI=1S/C7H9F3IN/c8-7(9,10)12(11)6-4-2-1-3-5-6/h4H,1-3,5H2. The quantitative estimate of drug-likeness (QED) is 0.405. The summed E-state index contributed by atoms with van der Waals surface area (Å²) in [6.07, 6.45) is 0.619. The van der Waals surface area contributed by atoms with Crippen LogP contribution in [0.3, 0.4) is 0 Å². The van der Waals surface area contributed by atoms with Crippen LogP contribution >= 0.6 is 22.9 Å². The minimum absolute atomic E-state index is 0.379. The first kappa shape index (κ1) is 10.1. The smallest absolute Gasteiger partial charge is 0.228 e. The topological polar surface area (TPSA) is 3.24 Å². The minimum atomic E-state index is -4.23. The second kappa shape index (κ2) is 3.85. The van der Waals surface area contributed by atoms with Crippen molar-refractivity contribution in [1.82, 2.24) is 3.11 Å². The van der Waals surface area contributed by atoms with E-state index in [9.17, 15) is 13.2 Å². The Kier molecular flexibility index (Phi) is 3.25. The molecule has 0 radical (unpaired) electrons. The molecule has 0 aromatic carbocycles. The van der Waals surface area contributed by atoms with Gasteiger partial charge in [0.25, 0.3) is 0 Å². The lowest BCUT2D eigenvalue weighted by Gasteiger charge is -2.24. The number of hydrogen-bond donors (Lipinski definition) is 0. The second-order valence-electron chi connectivity index (χ2n) is 2.69. The largest absolute Gasteiger partial charge is 0.493 e. The van der Waals surface area contributed by atoms with Crippen molar-refractivity contribution in [1.29, 1.82) is 0 Å². The van der Waals surface area contributed by atoms with Gasteiger partial charge in [-0.25, -0.2) is 3.11 Å². The summed E-state index contributed by atoms with van der Waals surface area (Å²) in [5.41, 5.74) is 0.398. The molecule has 0 spiro atoms. The van der Waals surface area contributed by atoms with E-state index < -0.39 is 6.30 Å². The van der Waals surface area contributed by atoms with E-state index in [-0.39, 0.29) is 0 Å². The Bertz CT molecular complexity index is 188. The number of hydrogen-bond acceptors (Lipinski definition) is 1. The van der Waals surface area contributed by atoms with Crippen LogP contribution in [0.5, 0.6) is 0 Å². The predicted octanol–water partition coefficient (Wildman–Crippen LogP) is 3.62. The highest BCUT2D eigenvalue weighted by Gasteiger charge is 2.37. The number of allylic oxidation sites excluding steroid dienone is 2. The first-order chi connectivity index (χ1) is 5.52. The van der Waals surface area contributed by atoms with Gasteiger partial charge in [-0.05, 0) is 25.7 Å². The normalized spacial score (nSPS) is 18.8. The Labute approximate surface area is 83.1 Å². The molecule has 0 unspecified atom stereocenters. The molecule has 0 amide bonds. The van der Waals surface area contributed by atoms with E-state index in [4.69, 9.17) is 0 Å². The Hall–Kier alpha value is 0.0600. The molecular weight excluding hydrogens is 282 g/mol. The first-order valence-electron chi connectivity index (χ1n) is 3.73. The summed E-state index contributed by atoms with van der Waals surface area (Å²) >= 11 is 1.31. The molecule has 1 aliphatic rings. The molecule has 0 aliphatic heterocycles. The summed E-state index contributed by atoms with van der Waals surface area (Å²) in [6.45, 7) is 0. The van der Waals surface area contributed by atoms with Crippen LogP contribution in [0.2, 0.25) is 0 Å². The van der Waals surface area contributed by atoms with E-state index in [1.54, 1.807) is 6.08 Å². The molecule has 0 aromatic heterocycles. The zero-order valence-electron chi connectivity index (χ0n) is 6.36. The summed E-state index contributed by atoms with van der Waals surface area (Å²) in [6, 6.07) is 0. The summed E-state index contributed by atoms with van der Waals surface area (Å²) in [4.78, 5) is 0. The van der Waals surface area contributed by atoms with Gasteiger partial charge in [0.2, 0.25) is 0 Å². The molecule has 1 nitrogen and oxygen atoms in total. The Morgan fingerprint density at radius 2 is 2.00 bits per heavy atom. The summed E-state index contributed by atoms with van der Waals surface area (Å²) in [5.74, 6) is 0. The van der Waals surface area contributed by atoms with Crippen LogP contribution in [-0.4, -0.2) is 9.41 Å². The lowest BCUT2D eigenvalue weighted by atomic mass is 10.1. The van der Waals surface area contributed by atoms with Gasteiger partial charge in [0.15, 0.2) is 0 Å². The van der Waals surface area contributed by atoms with Gasteiger partial charge in [0, 0.05) is 5.70 Å². The second-order valence-corrected chi connectivity index (χ2v) is 3.65. The zero-order valence-corrected chi connectivity index (χ0v) is 8.52. The van der Waals surface area contributed by atoms with Crippen LogP contribution in [0.15, 0.2) is 11.8 Å². The van der Waals surface area contributed by atoms with Crippen molar-refractivity contribution in [2.75, 3.05) is 0 Å². The van der Waals surface area contributed by atoms with Crippen molar-refractivity contribution in [2.24, 2.45) is 0 Å². The SMILES string of the molecule is FC(F)(F)N(I)C1=CCCCC1. The molecule has 0 saturated heterocycles. The van der Waals surface area contributed by atoms with Gasteiger partial charge in [0.05, 0.1) is 22.9 Å². The molecule has 0 bridgehead atoms. The van der Waals surface area contributed by atoms with Gasteiger partial charge in [-0.15, -0.1) is 13.2 Å². The highest BCUT2D eigenvalue weighted by atomic mass is 127. The van der Waals surface area contributed by atoms with Crippen molar-refractivity contribution in [3.8, 4) is 0 Å². The minimum Gasteiger partial charge on any atom is -0.228 e. The third-order valence-corrected chi connectivity index (χ3v) is 2.91. The molecule has 1 aliphatic carbocycles. The highest BCUT2D eigenvalue weighted by Crippen LogP contribution is 2.33. The van der Waals surface area contributed by atoms with E-state index in [0.29, 0.717) is 15.2 Å². The van der Waals surface area contributed by atoms with Gasteiger partial charge in [-0.3, -0.25) is 0 Å². The molecule has 0 heterocycles. The fourth-order valence-corrected chi connectivity index (χ4v) is 1.60. The van der Waals surface area contributed by atoms with Crippen molar-refractivity contribution in [2.45, 2.75) is 32.0 Å². The Morgan fingerprint density at radius 3 is 2.42 bits per heavy atom. The van der Waals surface area contributed by atoms with Gasteiger partial charge >= 0.3 is 6.30 Å². The van der Waals surface area contributed by atoms with Crippen LogP contribution in [0.1, 0.15) is 25.7 Å². The van der Waals surface area contributed by atoms with E-state index in [1.807, 2.05) is 0 Å². The average Bonchev–Trinajstić information content (AvgIpc) is 2.03. The van der Waals surface area contributed by atoms with Gasteiger partial charge in [-0.1, -0.05) is 6.08 Å². The maximum absolute atomic E-state index is 12.1. The molecule has 1 rings (SSSR count). The van der Waals surface area contributed by atoms with Crippen LogP contribution in [0, 0.1) is 0 Å². The molecule has 0 saturated carbocycles. The fraction of sp³-hybridized carbons (Fsp3) is 0.714. The maximum Gasteiger partial charge on any atom is 0.493 e. The van der Waals surface area contributed by atoms with Crippen molar-refractivity contribution in [3.05, 3.63) is 11.8 Å². The molecule has 0 fully saturated rings. The molecule has 0 atom stereocenters.